The zero-order valence-corrected chi connectivity index (χ0v) is 16.2. The van der Waals surface area contributed by atoms with Crippen molar-refractivity contribution in [2.45, 2.75) is 46.2 Å². The maximum Gasteiger partial charge on any atom is 0.421 e. The smallest absolute Gasteiger partial charge is 0.421 e. The van der Waals surface area contributed by atoms with E-state index in [1.165, 1.54) is 4.90 Å². The van der Waals surface area contributed by atoms with E-state index in [0.29, 0.717) is 18.2 Å². The van der Waals surface area contributed by atoms with E-state index in [-0.39, 0.29) is 11.8 Å². The quantitative estimate of drug-likeness (QED) is 0.555. The van der Waals surface area contributed by atoms with E-state index in [2.05, 4.69) is 23.8 Å². The van der Waals surface area contributed by atoms with E-state index in [4.69, 9.17) is 4.74 Å². The van der Waals surface area contributed by atoms with Gasteiger partial charge in [0.2, 0.25) is 0 Å². The molecule has 148 valence electrons. The number of aromatic nitrogens is 2. The van der Waals surface area contributed by atoms with E-state index in [9.17, 15) is 13.2 Å². The molecule has 0 amide bonds. The fourth-order valence-corrected chi connectivity index (χ4v) is 2.75. The minimum absolute atomic E-state index is 0.0420. The van der Waals surface area contributed by atoms with Crippen LogP contribution >= 0.6 is 0 Å². The summed E-state index contributed by atoms with van der Waals surface area (Å²) in [5, 5.41) is 0. The van der Waals surface area contributed by atoms with Crippen LogP contribution in [0, 0.1) is 5.92 Å². The van der Waals surface area contributed by atoms with Crippen molar-refractivity contribution in [2.24, 2.45) is 5.92 Å². The van der Waals surface area contributed by atoms with Gasteiger partial charge in [0, 0.05) is 18.9 Å². The van der Waals surface area contributed by atoms with Crippen molar-refractivity contribution in [2.75, 3.05) is 18.6 Å². The van der Waals surface area contributed by atoms with Gasteiger partial charge < -0.3 is 9.64 Å². The number of nitrogens with zero attached hydrogens (tertiary/aromatic N) is 3. The molecule has 0 N–H and O–H groups in total. The van der Waals surface area contributed by atoms with Crippen LogP contribution < -0.4 is 9.64 Å². The van der Waals surface area contributed by atoms with Crippen LogP contribution in [0.5, 0.6) is 6.01 Å². The van der Waals surface area contributed by atoms with E-state index < -0.39 is 11.7 Å². The summed E-state index contributed by atoms with van der Waals surface area (Å²) in [4.78, 5) is 9.29. The van der Waals surface area contributed by atoms with E-state index in [0.717, 1.165) is 31.0 Å². The van der Waals surface area contributed by atoms with Gasteiger partial charge in [0.1, 0.15) is 5.56 Å². The summed E-state index contributed by atoms with van der Waals surface area (Å²) >= 11 is 0. The zero-order chi connectivity index (χ0) is 20.0. The molecule has 0 aliphatic carbocycles. The molecule has 1 aromatic heterocycles. The number of hydrogen-bond donors (Lipinski definition) is 0. The average molecular weight is 381 g/mol. The van der Waals surface area contributed by atoms with Gasteiger partial charge in [0.15, 0.2) is 5.82 Å². The monoisotopic (exact) mass is 381 g/mol. The van der Waals surface area contributed by atoms with Crippen LogP contribution in [0.1, 0.15) is 44.7 Å². The number of hydrogen-bond acceptors (Lipinski definition) is 4. The number of anilines is 2. The predicted octanol–water partition coefficient (Wildman–Crippen LogP) is 5.64. The topological polar surface area (TPSA) is 38.2 Å². The third kappa shape index (κ3) is 5.58. The zero-order valence-electron chi connectivity index (χ0n) is 16.2. The second-order valence-corrected chi connectivity index (χ2v) is 6.88. The average Bonchev–Trinajstić information content (AvgIpc) is 2.60. The molecular formula is C20H26F3N3O. The SMILES string of the molecule is CCCCOc1ncc(C(F)(F)F)c(N(C)c2ccccc2CC(C)C)n1. The Bertz CT molecular complexity index is 747. The number of alkyl halides is 3. The number of halogens is 3. The second-order valence-electron chi connectivity index (χ2n) is 6.88. The van der Waals surface area contributed by atoms with Gasteiger partial charge in [0.05, 0.1) is 6.61 Å². The summed E-state index contributed by atoms with van der Waals surface area (Å²) in [6.07, 6.45) is -1.31. The summed E-state index contributed by atoms with van der Waals surface area (Å²) in [7, 11) is 1.59. The Labute approximate surface area is 158 Å². The fourth-order valence-electron chi connectivity index (χ4n) is 2.75. The van der Waals surface area contributed by atoms with Gasteiger partial charge in [0.25, 0.3) is 0 Å². The van der Waals surface area contributed by atoms with Crippen LogP contribution in [0.4, 0.5) is 24.7 Å². The van der Waals surface area contributed by atoms with Crippen LogP contribution in [0.15, 0.2) is 30.5 Å². The molecule has 2 rings (SSSR count). The normalized spacial score (nSPS) is 11.7. The molecule has 0 bridgehead atoms. The first-order valence-corrected chi connectivity index (χ1v) is 9.12. The van der Waals surface area contributed by atoms with Crippen LogP contribution in [-0.4, -0.2) is 23.6 Å². The second kappa shape index (κ2) is 9.06. The van der Waals surface area contributed by atoms with Crippen molar-refractivity contribution in [3.63, 3.8) is 0 Å². The Morgan fingerprint density at radius 2 is 1.89 bits per heavy atom. The summed E-state index contributed by atoms with van der Waals surface area (Å²) < 4.78 is 46.0. The van der Waals surface area contributed by atoms with Gasteiger partial charge in [-0.2, -0.15) is 18.2 Å². The van der Waals surface area contributed by atoms with Crippen molar-refractivity contribution in [1.29, 1.82) is 0 Å². The summed E-state index contributed by atoms with van der Waals surface area (Å²) in [5.41, 5.74) is 0.775. The first kappa shape index (κ1) is 21.0. The Kier molecular flexibility index (Phi) is 7.05. The number of para-hydroxylation sites is 1. The molecule has 27 heavy (non-hydrogen) atoms. The highest BCUT2D eigenvalue weighted by Gasteiger charge is 2.37. The lowest BCUT2D eigenvalue weighted by molar-refractivity contribution is -0.137. The summed E-state index contributed by atoms with van der Waals surface area (Å²) in [6.45, 7) is 6.52. The van der Waals surface area contributed by atoms with Gasteiger partial charge >= 0.3 is 12.2 Å². The molecular weight excluding hydrogens is 355 g/mol. The van der Waals surface area contributed by atoms with Crippen LogP contribution in [0.25, 0.3) is 0 Å². The molecule has 4 nitrogen and oxygen atoms in total. The standard InChI is InChI=1S/C20H26F3N3O/c1-5-6-11-27-19-24-13-16(20(21,22)23)18(25-19)26(4)17-10-8-7-9-15(17)12-14(2)3/h7-10,13-14H,5-6,11-12H2,1-4H3. The Balaban J connectivity index is 2.46. The molecule has 0 fully saturated rings. The number of ether oxygens (including phenoxy) is 1. The molecule has 0 aliphatic rings. The maximum atomic E-state index is 13.5. The van der Waals surface area contributed by atoms with Gasteiger partial charge in [-0.15, -0.1) is 0 Å². The number of benzene rings is 1. The highest BCUT2D eigenvalue weighted by Crippen LogP contribution is 2.38. The molecule has 0 radical (unpaired) electrons. The van der Waals surface area contributed by atoms with Gasteiger partial charge in [-0.1, -0.05) is 45.4 Å². The first-order valence-electron chi connectivity index (χ1n) is 9.12. The molecule has 2 aromatic rings. The molecule has 0 saturated heterocycles. The minimum Gasteiger partial charge on any atom is -0.463 e. The van der Waals surface area contributed by atoms with Crippen molar-refractivity contribution in [3.05, 3.63) is 41.6 Å². The lowest BCUT2D eigenvalue weighted by Crippen LogP contribution is -2.20. The molecule has 7 heteroatoms. The predicted molar refractivity (Wildman–Crippen MR) is 100 cm³/mol. The first-order chi connectivity index (χ1) is 12.7. The highest BCUT2D eigenvalue weighted by atomic mass is 19.4. The van der Waals surface area contributed by atoms with Crippen LogP contribution in [0.2, 0.25) is 0 Å². The van der Waals surface area contributed by atoms with Gasteiger partial charge in [-0.25, -0.2) is 4.98 Å². The number of rotatable bonds is 8. The van der Waals surface area contributed by atoms with Crippen LogP contribution in [0.3, 0.4) is 0 Å². The van der Waals surface area contributed by atoms with Crippen molar-refractivity contribution < 1.29 is 17.9 Å². The third-order valence-electron chi connectivity index (χ3n) is 4.08. The fraction of sp³-hybridized carbons (Fsp3) is 0.500. The third-order valence-corrected chi connectivity index (χ3v) is 4.08. The Hall–Kier alpha value is -2.31. The Morgan fingerprint density at radius 1 is 1.19 bits per heavy atom. The van der Waals surface area contributed by atoms with E-state index in [1.807, 2.05) is 25.1 Å². The summed E-state index contributed by atoms with van der Waals surface area (Å²) in [6, 6.07) is 7.39. The van der Waals surface area contributed by atoms with E-state index >= 15 is 0 Å². The summed E-state index contributed by atoms with van der Waals surface area (Å²) in [5.74, 6) is 0.167. The maximum absolute atomic E-state index is 13.5. The van der Waals surface area contributed by atoms with Crippen molar-refractivity contribution >= 4 is 11.5 Å². The molecule has 1 heterocycles. The van der Waals surface area contributed by atoms with Crippen LogP contribution in [-0.2, 0) is 12.6 Å². The Morgan fingerprint density at radius 3 is 2.52 bits per heavy atom. The molecule has 0 atom stereocenters. The van der Waals surface area contributed by atoms with Gasteiger partial charge in [-0.3, -0.25) is 0 Å². The minimum atomic E-state index is -4.56. The lowest BCUT2D eigenvalue weighted by atomic mass is 10.0. The van der Waals surface area contributed by atoms with E-state index in [1.54, 1.807) is 13.1 Å². The van der Waals surface area contributed by atoms with Gasteiger partial charge in [-0.05, 0) is 30.4 Å². The molecule has 0 spiro atoms. The molecule has 0 saturated carbocycles. The van der Waals surface area contributed by atoms with Crippen molar-refractivity contribution in [3.8, 4) is 6.01 Å². The highest BCUT2D eigenvalue weighted by molar-refractivity contribution is 5.66. The number of unbranched alkanes of at least 4 members (excludes halogenated alkanes) is 1. The molecule has 0 aliphatic heterocycles. The molecule has 1 aromatic carbocycles. The molecule has 0 unspecified atom stereocenters. The lowest BCUT2D eigenvalue weighted by Gasteiger charge is -2.25. The van der Waals surface area contributed by atoms with Crippen molar-refractivity contribution in [1.82, 2.24) is 9.97 Å². The largest absolute Gasteiger partial charge is 0.463 e.